The number of carbonyl (C=O) groups is 1. The molecule has 3 heterocycles. The van der Waals surface area contributed by atoms with Gasteiger partial charge in [0.05, 0.1) is 22.0 Å². The molecule has 4 aromatic rings. The zero-order valence-corrected chi connectivity index (χ0v) is 21.8. The summed E-state index contributed by atoms with van der Waals surface area (Å²) in [7, 11) is 0. The lowest BCUT2D eigenvalue weighted by Crippen LogP contribution is -2.50. The SMILES string of the molecule is CC(=O)c1ccsc1C#Cc1c(-c2cccc3c(C)c[nH]c23)cc(C)c2c1[C@H](C)C(O)C(C)(C)N2. The molecule has 178 valence electrons. The molecule has 0 bridgehead atoms. The van der Waals surface area contributed by atoms with E-state index in [1.165, 1.54) is 22.3 Å². The standard InChI is InChI=1S/C30H30N2O2S/c1-16-14-24(23-9-7-8-20-17(2)15-31-28(20)23)22(10-11-25-21(19(4)33)12-13-35-25)26-18(3)29(34)30(5,6)32-27(16)26/h7-9,12-15,18,29,31-32,34H,1-6H3/t18-,29?/m0/s1. The minimum absolute atomic E-state index is 0.0144. The van der Waals surface area contributed by atoms with Crippen molar-refractivity contribution in [2.75, 3.05) is 5.32 Å². The van der Waals surface area contributed by atoms with Crippen LogP contribution in [0, 0.1) is 25.7 Å². The number of carbonyl (C=O) groups excluding carboxylic acids is 1. The number of hydrogen-bond acceptors (Lipinski definition) is 4. The van der Waals surface area contributed by atoms with Crippen LogP contribution in [0.2, 0.25) is 0 Å². The zero-order chi connectivity index (χ0) is 25.1. The molecule has 4 nitrogen and oxygen atoms in total. The number of aromatic nitrogens is 1. The number of benzene rings is 2. The highest BCUT2D eigenvalue weighted by atomic mass is 32.1. The van der Waals surface area contributed by atoms with Crippen LogP contribution < -0.4 is 5.32 Å². The second-order valence-corrected chi connectivity index (χ2v) is 11.1. The maximum atomic E-state index is 12.1. The molecule has 1 aliphatic heterocycles. The van der Waals surface area contributed by atoms with Crippen molar-refractivity contribution >= 4 is 33.7 Å². The summed E-state index contributed by atoms with van der Waals surface area (Å²) in [5.41, 5.74) is 8.64. The van der Waals surface area contributed by atoms with Crippen LogP contribution in [0.25, 0.3) is 22.0 Å². The van der Waals surface area contributed by atoms with Gasteiger partial charge in [0.15, 0.2) is 5.78 Å². The van der Waals surface area contributed by atoms with E-state index in [1.807, 2.05) is 31.5 Å². The normalized spacial score (nSPS) is 18.5. The summed E-state index contributed by atoms with van der Waals surface area (Å²) >= 11 is 1.48. The first-order valence-corrected chi connectivity index (χ1v) is 12.8. The minimum atomic E-state index is -0.580. The smallest absolute Gasteiger partial charge is 0.161 e. The maximum absolute atomic E-state index is 12.1. The summed E-state index contributed by atoms with van der Waals surface area (Å²) in [5.74, 6) is 6.66. The van der Waals surface area contributed by atoms with E-state index >= 15 is 0 Å². The van der Waals surface area contributed by atoms with E-state index in [-0.39, 0.29) is 11.7 Å². The van der Waals surface area contributed by atoms with Gasteiger partial charge in [-0.2, -0.15) is 0 Å². The van der Waals surface area contributed by atoms with Gasteiger partial charge in [-0.3, -0.25) is 4.79 Å². The third-order valence-electron chi connectivity index (χ3n) is 7.24. The van der Waals surface area contributed by atoms with Gasteiger partial charge in [-0.25, -0.2) is 0 Å². The summed E-state index contributed by atoms with van der Waals surface area (Å²) in [5, 5.41) is 17.9. The molecule has 3 N–H and O–H groups in total. The van der Waals surface area contributed by atoms with Crippen molar-refractivity contribution in [3.63, 3.8) is 0 Å². The fourth-order valence-corrected chi connectivity index (χ4v) is 6.10. The van der Waals surface area contributed by atoms with Crippen LogP contribution >= 0.6 is 11.3 Å². The highest BCUT2D eigenvalue weighted by Gasteiger charge is 2.40. The summed E-state index contributed by atoms with van der Waals surface area (Å²) in [4.78, 5) is 16.3. The molecule has 5 heteroatoms. The molecule has 1 aliphatic rings. The average Bonchev–Trinajstić information content (AvgIpc) is 3.44. The second kappa shape index (κ2) is 8.41. The van der Waals surface area contributed by atoms with E-state index in [0.29, 0.717) is 5.56 Å². The average molecular weight is 483 g/mol. The van der Waals surface area contributed by atoms with Crippen LogP contribution in [-0.4, -0.2) is 27.5 Å². The number of rotatable bonds is 2. The lowest BCUT2D eigenvalue weighted by molar-refractivity contribution is 0.0868. The summed E-state index contributed by atoms with van der Waals surface area (Å²) < 4.78 is 0. The summed E-state index contributed by atoms with van der Waals surface area (Å²) in [6.07, 6.45) is 1.45. The Morgan fingerprint density at radius 3 is 2.63 bits per heavy atom. The number of nitrogens with one attached hydrogen (secondary N) is 2. The first-order chi connectivity index (χ1) is 16.6. The van der Waals surface area contributed by atoms with Crippen molar-refractivity contribution in [2.45, 2.75) is 59.1 Å². The fraction of sp³-hybridized carbons (Fsp3) is 0.300. The second-order valence-electron chi connectivity index (χ2n) is 10.2. The molecular weight excluding hydrogens is 452 g/mol. The topological polar surface area (TPSA) is 65.1 Å². The van der Waals surface area contributed by atoms with Gasteiger partial charge in [0.25, 0.3) is 0 Å². The van der Waals surface area contributed by atoms with Crippen LogP contribution in [0.3, 0.4) is 0 Å². The van der Waals surface area contributed by atoms with Crippen LogP contribution in [0.4, 0.5) is 5.69 Å². The first kappa shape index (κ1) is 23.4. The van der Waals surface area contributed by atoms with Gasteiger partial charge in [-0.05, 0) is 74.7 Å². The van der Waals surface area contributed by atoms with Gasteiger partial charge >= 0.3 is 0 Å². The molecule has 2 atom stereocenters. The number of aliphatic hydroxyl groups excluding tert-OH is 1. The summed E-state index contributed by atoms with van der Waals surface area (Å²) in [6.45, 7) is 11.9. The highest BCUT2D eigenvalue weighted by molar-refractivity contribution is 7.10. The highest BCUT2D eigenvalue weighted by Crippen LogP contribution is 2.46. The van der Waals surface area contributed by atoms with Gasteiger partial charge in [0.1, 0.15) is 0 Å². The lowest BCUT2D eigenvalue weighted by atomic mass is 9.75. The Morgan fingerprint density at radius 1 is 1.11 bits per heavy atom. The number of fused-ring (bicyclic) bond motifs is 2. The van der Waals surface area contributed by atoms with Crippen LogP contribution in [-0.2, 0) is 0 Å². The number of ketones is 1. The monoisotopic (exact) mass is 482 g/mol. The number of hydrogen-bond donors (Lipinski definition) is 3. The van der Waals surface area contributed by atoms with Crippen molar-refractivity contribution < 1.29 is 9.90 Å². The van der Waals surface area contributed by atoms with Crippen molar-refractivity contribution in [3.8, 4) is 23.0 Å². The van der Waals surface area contributed by atoms with Gasteiger partial charge in [-0.1, -0.05) is 31.0 Å². The molecular formula is C30H30N2O2S. The third kappa shape index (κ3) is 3.78. The molecule has 1 unspecified atom stereocenters. The zero-order valence-electron chi connectivity index (χ0n) is 21.0. The molecule has 2 aromatic heterocycles. The molecule has 0 aliphatic carbocycles. The first-order valence-electron chi connectivity index (χ1n) is 11.9. The number of para-hydroxylation sites is 1. The molecule has 0 fully saturated rings. The predicted molar refractivity (Wildman–Crippen MR) is 146 cm³/mol. The molecule has 35 heavy (non-hydrogen) atoms. The molecule has 0 spiro atoms. The number of H-pyrrole nitrogens is 1. The van der Waals surface area contributed by atoms with E-state index in [9.17, 15) is 9.90 Å². The Labute approximate surface area is 210 Å². The Bertz CT molecular complexity index is 1540. The van der Waals surface area contributed by atoms with E-state index in [0.717, 1.165) is 43.9 Å². The van der Waals surface area contributed by atoms with Crippen LogP contribution in [0.15, 0.2) is 41.9 Å². The number of thiophene rings is 1. The van der Waals surface area contributed by atoms with Gasteiger partial charge < -0.3 is 15.4 Å². The maximum Gasteiger partial charge on any atom is 0.161 e. The van der Waals surface area contributed by atoms with Crippen LogP contribution in [0.1, 0.15) is 71.1 Å². The lowest BCUT2D eigenvalue weighted by Gasteiger charge is -2.43. The van der Waals surface area contributed by atoms with Crippen molar-refractivity contribution in [1.29, 1.82) is 0 Å². The van der Waals surface area contributed by atoms with Crippen molar-refractivity contribution in [2.24, 2.45) is 0 Å². The van der Waals surface area contributed by atoms with E-state index in [4.69, 9.17) is 0 Å². The van der Waals surface area contributed by atoms with Gasteiger partial charge in [-0.15, -0.1) is 11.3 Å². The number of aliphatic hydroxyl groups is 1. The Balaban J connectivity index is 1.84. The van der Waals surface area contributed by atoms with Gasteiger partial charge in [0, 0.05) is 45.4 Å². The minimum Gasteiger partial charge on any atom is -0.390 e. The molecule has 0 saturated carbocycles. The molecule has 0 saturated heterocycles. The Hall–Kier alpha value is -3.33. The Morgan fingerprint density at radius 2 is 1.89 bits per heavy atom. The van der Waals surface area contributed by atoms with Crippen molar-refractivity contribution in [1.82, 2.24) is 4.98 Å². The molecule has 0 radical (unpaired) electrons. The predicted octanol–water partition coefficient (Wildman–Crippen LogP) is 6.78. The Kier molecular flexibility index (Phi) is 5.62. The number of aryl methyl sites for hydroxylation is 2. The van der Waals surface area contributed by atoms with Crippen LogP contribution in [0.5, 0.6) is 0 Å². The molecule has 2 aromatic carbocycles. The van der Waals surface area contributed by atoms with E-state index in [1.54, 1.807) is 6.92 Å². The summed E-state index contributed by atoms with van der Waals surface area (Å²) in [6, 6.07) is 10.4. The van der Waals surface area contributed by atoms with Crippen molar-refractivity contribution in [3.05, 3.63) is 74.6 Å². The number of aromatic amines is 1. The van der Waals surface area contributed by atoms with E-state index < -0.39 is 11.6 Å². The fourth-order valence-electron chi connectivity index (χ4n) is 5.31. The quantitative estimate of drug-likeness (QED) is 0.218. The molecule has 0 amide bonds. The van der Waals surface area contributed by atoms with E-state index in [2.05, 4.69) is 67.2 Å². The van der Waals surface area contributed by atoms with Gasteiger partial charge in [0.2, 0.25) is 0 Å². The largest absolute Gasteiger partial charge is 0.390 e. The number of Topliss-reactive ketones (excluding diaryl/α,β-unsaturated/α-hetero) is 1. The third-order valence-corrected chi connectivity index (χ3v) is 8.07. The number of anilines is 1. The molecule has 5 rings (SSSR count).